The minimum absolute atomic E-state index is 0. The zero-order chi connectivity index (χ0) is 13.3. The van der Waals surface area contributed by atoms with Crippen LogP contribution >= 0.6 is 12.2 Å². The molecule has 3 rings (SSSR count). The Morgan fingerprint density at radius 1 is 0.900 bits per heavy atom. The molecule has 0 atom stereocenters. The first-order valence-corrected chi connectivity index (χ1v) is 6.34. The summed E-state index contributed by atoms with van der Waals surface area (Å²) in [5.74, 6) is -0.269. The average Bonchev–Trinajstić information content (AvgIpc) is 2.76. The van der Waals surface area contributed by atoms with Crippen molar-refractivity contribution in [1.82, 2.24) is 5.32 Å². The van der Waals surface area contributed by atoms with Crippen LogP contribution in [0.2, 0.25) is 0 Å². The van der Waals surface area contributed by atoms with Gasteiger partial charge in [-0.05, 0) is 11.1 Å². The Kier molecular flexibility index (Phi) is 4.60. The summed E-state index contributed by atoms with van der Waals surface area (Å²) >= 11 is 5.05. The SMILES string of the molecule is O=C1[N-]C(=S)NC1(c1ccccc1)c1ccccc1.[Na+]. The molecule has 1 aliphatic heterocycles. The van der Waals surface area contributed by atoms with Gasteiger partial charge >= 0.3 is 29.6 Å². The van der Waals surface area contributed by atoms with E-state index in [1.165, 1.54) is 0 Å². The summed E-state index contributed by atoms with van der Waals surface area (Å²) in [6.07, 6.45) is 0. The summed E-state index contributed by atoms with van der Waals surface area (Å²) < 4.78 is 0. The maximum Gasteiger partial charge on any atom is 1.00 e. The van der Waals surface area contributed by atoms with Gasteiger partial charge in [0, 0.05) is 5.11 Å². The van der Waals surface area contributed by atoms with Gasteiger partial charge in [-0.2, -0.15) is 0 Å². The van der Waals surface area contributed by atoms with Gasteiger partial charge in [-0.1, -0.05) is 72.9 Å². The topological polar surface area (TPSA) is 43.2 Å². The molecule has 0 saturated carbocycles. The maximum atomic E-state index is 12.4. The molecule has 0 bridgehead atoms. The first-order valence-electron chi connectivity index (χ1n) is 5.93. The number of benzene rings is 2. The Hall–Kier alpha value is -1.20. The van der Waals surface area contributed by atoms with Gasteiger partial charge in [0.25, 0.3) is 0 Å². The normalized spacial score (nSPS) is 16.0. The molecule has 1 saturated heterocycles. The quantitative estimate of drug-likeness (QED) is 0.611. The summed E-state index contributed by atoms with van der Waals surface area (Å²) in [7, 11) is 0. The molecule has 0 radical (unpaired) electrons. The molecule has 0 spiro atoms. The molecule has 2 aromatic carbocycles. The van der Waals surface area contributed by atoms with Crippen LogP contribution in [0.5, 0.6) is 0 Å². The van der Waals surface area contributed by atoms with E-state index < -0.39 is 5.54 Å². The summed E-state index contributed by atoms with van der Waals surface area (Å²) in [6, 6.07) is 19.0. The standard InChI is InChI=1S/C15H12N2OS.Na/c18-13-15(17-14(19)16-13,11-7-3-1-4-8-11)12-9-5-2-6-10-12;/h1-10H,(H2,16,17,18,19);/q;+1/p-1. The molecule has 0 aliphatic carbocycles. The monoisotopic (exact) mass is 290 g/mol. The Bertz CT molecular complexity index is 591. The molecular formula is C15H11N2NaOS. The van der Waals surface area contributed by atoms with Gasteiger partial charge in [0.1, 0.15) is 0 Å². The smallest absolute Gasteiger partial charge is 0.454 e. The predicted octanol–water partition coefficient (Wildman–Crippen LogP) is -0.277. The van der Waals surface area contributed by atoms with E-state index in [-0.39, 0.29) is 40.6 Å². The molecule has 94 valence electrons. The van der Waals surface area contributed by atoms with E-state index in [2.05, 4.69) is 10.6 Å². The van der Waals surface area contributed by atoms with Crippen LogP contribution < -0.4 is 34.9 Å². The van der Waals surface area contributed by atoms with Gasteiger partial charge in [-0.25, -0.2) is 0 Å². The van der Waals surface area contributed by atoms with Gasteiger partial charge in [-0.3, -0.25) is 4.79 Å². The third kappa shape index (κ3) is 2.40. The van der Waals surface area contributed by atoms with E-state index in [9.17, 15) is 4.79 Å². The number of rotatable bonds is 2. The van der Waals surface area contributed by atoms with Crippen LogP contribution in [0.4, 0.5) is 0 Å². The number of carbonyl (C=O) groups is 1. The molecule has 5 heteroatoms. The third-order valence-corrected chi connectivity index (χ3v) is 3.43. The second-order valence-corrected chi connectivity index (χ2v) is 4.72. The number of carbonyl (C=O) groups excluding carboxylic acids is 1. The zero-order valence-corrected chi connectivity index (χ0v) is 13.9. The number of nitrogens with one attached hydrogen (secondary N) is 1. The van der Waals surface area contributed by atoms with Crippen molar-refractivity contribution in [2.24, 2.45) is 0 Å². The van der Waals surface area contributed by atoms with Crippen molar-refractivity contribution in [1.29, 1.82) is 0 Å². The first-order chi connectivity index (χ1) is 9.23. The number of hydrogen-bond acceptors (Lipinski definition) is 2. The van der Waals surface area contributed by atoms with Crippen LogP contribution in [0.15, 0.2) is 60.7 Å². The minimum atomic E-state index is -0.987. The van der Waals surface area contributed by atoms with E-state index in [0.29, 0.717) is 0 Å². The fourth-order valence-electron chi connectivity index (χ4n) is 2.35. The van der Waals surface area contributed by atoms with Crippen molar-refractivity contribution in [3.05, 3.63) is 77.1 Å². The Morgan fingerprint density at radius 2 is 1.35 bits per heavy atom. The fourth-order valence-corrected chi connectivity index (χ4v) is 2.59. The fraction of sp³-hybridized carbons (Fsp3) is 0.0667. The van der Waals surface area contributed by atoms with Crippen molar-refractivity contribution in [2.75, 3.05) is 0 Å². The van der Waals surface area contributed by atoms with Crippen molar-refractivity contribution in [3.8, 4) is 0 Å². The van der Waals surface area contributed by atoms with Crippen LogP contribution in [0.3, 0.4) is 0 Å². The van der Waals surface area contributed by atoms with Crippen molar-refractivity contribution >= 4 is 23.2 Å². The molecule has 3 nitrogen and oxygen atoms in total. The predicted molar refractivity (Wildman–Crippen MR) is 77.8 cm³/mol. The molecule has 20 heavy (non-hydrogen) atoms. The Labute approximate surface area is 145 Å². The zero-order valence-electron chi connectivity index (χ0n) is 11.0. The molecule has 1 amide bonds. The van der Waals surface area contributed by atoms with Gasteiger partial charge in [0.05, 0.1) is 5.54 Å². The average molecular weight is 290 g/mol. The summed E-state index contributed by atoms with van der Waals surface area (Å²) in [5, 5.41) is 7.18. The molecule has 1 heterocycles. The molecule has 1 aliphatic rings. The molecule has 1 N–H and O–H groups in total. The summed E-state index contributed by atoms with van der Waals surface area (Å²) in [6.45, 7) is 0. The van der Waals surface area contributed by atoms with E-state index in [0.717, 1.165) is 11.1 Å². The van der Waals surface area contributed by atoms with Crippen molar-refractivity contribution < 1.29 is 34.4 Å². The minimum Gasteiger partial charge on any atom is -0.454 e. The molecule has 0 aromatic heterocycles. The van der Waals surface area contributed by atoms with Crippen molar-refractivity contribution in [3.63, 3.8) is 0 Å². The second-order valence-electron chi connectivity index (χ2n) is 4.33. The third-order valence-electron chi connectivity index (χ3n) is 3.23. The van der Waals surface area contributed by atoms with Gasteiger partial charge < -0.3 is 10.6 Å². The van der Waals surface area contributed by atoms with Gasteiger partial charge in [0.2, 0.25) is 0 Å². The van der Waals surface area contributed by atoms with Crippen LogP contribution in [0.1, 0.15) is 11.1 Å². The maximum absolute atomic E-state index is 12.4. The molecule has 2 aromatic rings. The number of hydrogen-bond donors (Lipinski definition) is 1. The molecule has 1 fully saturated rings. The van der Waals surface area contributed by atoms with Crippen LogP contribution in [-0.2, 0) is 10.3 Å². The van der Waals surface area contributed by atoms with E-state index in [4.69, 9.17) is 12.2 Å². The van der Waals surface area contributed by atoms with E-state index in [1.807, 2.05) is 60.7 Å². The van der Waals surface area contributed by atoms with Crippen LogP contribution in [-0.4, -0.2) is 11.0 Å². The van der Waals surface area contributed by atoms with Crippen molar-refractivity contribution in [2.45, 2.75) is 5.54 Å². The van der Waals surface area contributed by atoms with Crippen LogP contribution in [0, 0.1) is 0 Å². The van der Waals surface area contributed by atoms with E-state index in [1.54, 1.807) is 0 Å². The van der Waals surface area contributed by atoms with E-state index >= 15 is 0 Å². The Balaban J connectivity index is 0.00000147. The van der Waals surface area contributed by atoms with Crippen LogP contribution in [0.25, 0.3) is 5.32 Å². The first kappa shape index (κ1) is 15.2. The molecular weight excluding hydrogens is 279 g/mol. The number of amides is 1. The largest absolute Gasteiger partial charge is 1.00 e. The second kappa shape index (κ2) is 6.06. The Morgan fingerprint density at radius 3 is 1.70 bits per heavy atom. The van der Waals surface area contributed by atoms with Gasteiger partial charge in [0.15, 0.2) is 5.91 Å². The summed E-state index contributed by atoms with van der Waals surface area (Å²) in [4.78, 5) is 12.4. The summed E-state index contributed by atoms with van der Waals surface area (Å²) in [5.41, 5.74) is 0.698. The number of nitrogens with zero attached hydrogens (tertiary/aromatic N) is 1. The number of thiocarbonyl (C=S) groups is 1. The molecule has 0 unspecified atom stereocenters. The van der Waals surface area contributed by atoms with Gasteiger partial charge in [-0.15, -0.1) is 0 Å².